The topological polar surface area (TPSA) is 72.9 Å². The second kappa shape index (κ2) is 7.70. The van der Waals surface area contributed by atoms with Crippen LogP contribution in [-0.4, -0.2) is 42.5 Å². The fraction of sp³-hybridized carbons (Fsp3) is 0.348. The van der Waals surface area contributed by atoms with E-state index in [1.807, 2.05) is 54.6 Å². The summed E-state index contributed by atoms with van der Waals surface area (Å²) in [6.45, 7) is -0.0980. The van der Waals surface area contributed by atoms with Crippen molar-refractivity contribution in [1.82, 2.24) is 4.90 Å². The lowest BCUT2D eigenvalue weighted by molar-refractivity contribution is -0.160. The molecule has 1 aliphatic carbocycles. The molecule has 1 amide bonds. The van der Waals surface area contributed by atoms with Crippen molar-refractivity contribution in [2.45, 2.75) is 37.3 Å². The predicted molar refractivity (Wildman–Crippen MR) is 105 cm³/mol. The van der Waals surface area contributed by atoms with Gasteiger partial charge in [0.15, 0.2) is 6.61 Å². The third-order valence-corrected chi connectivity index (χ3v) is 5.84. The van der Waals surface area contributed by atoms with Gasteiger partial charge in [0.1, 0.15) is 6.04 Å². The number of rotatable bonds is 5. The Morgan fingerprint density at radius 1 is 1.00 bits per heavy atom. The van der Waals surface area contributed by atoms with E-state index in [0.29, 0.717) is 19.3 Å². The first kappa shape index (κ1) is 19.2. The van der Waals surface area contributed by atoms with Crippen molar-refractivity contribution in [2.75, 3.05) is 13.7 Å². The first-order valence-electron chi connectivity index (χ1n) is 9.72. The quantitative estimate of drug-likeness (QED) is 0.730. The van der Waals surface area contributed by atoms with Crippen LogP contribution in [0.5, 0.6) is 0 Å². The molecular formula is C23H23NO5. The molecule has 0 bridgehead atoms. The molecule has 4 rings (SSSR count). The van der Waals surface area contributed by atoms with E-state index in [2.05, 4.69) is 0 Å². The highest BCUT2D eigenvalue weighted by Crippen LogP contribution is 2.49. The molecule has 0 radical (unpaired) electrons. The highest BCUT2D eigenvalue weighted by molar-refractivity contribution is 5.90. The minimum Gasteiger partial charge on any atom is -0.467 e. The van der Waals surface area contributed by atoms with Crippen molar-refractivity contribution >= 4 is 17.8 Å². The molecule has 0 unspecified atom stereocenters. The van der Waals surface area contributed by atoms with Gasteiger partial charge in [0.25, 0.3) is 5.91 Å². The molecule has 0 aromatic heterocycles. The van der Waals surface area contributed by atoms with Gasteiger partial charge in [-0.2, -0.15) is 0 Å². The second-order valence-corrected chi connectivity index (χ2v) is 7.56. The number of hydrogen-bond acceptors (Lipinski definition) is 5. The van der Waals surface area contributed by atoms with E-state index in [0.717, 1.165) is 16.7 Å². The van der Waals surface area contributed by atoms with Gasteiger partial charge in [0.05, 0.1) is 12.5 Å². The van der Waals surface area contributed by atoms with Crippen LogP contribution in [0.1, 0.15) is 29.5 Å². The number of carbonyl (C=O) groups excluding carboxylic acids is 3. The zero-order valence-corrected chi connectivity index (χ0v) is 16.3. The molecule has 0 saturated heterocycles. The van der Waals surface area contributed by atoms with E-state index in [1.54, 1.807) is 0 Å². The second-order valence-electron chi connectivity index (χ2n) is 7.56. The fourth-order valence-electron chi connectivity index (χ4n) is 3.97. The monoisotopic (exact) mass is 393 g/mol. The average Bonchev–Trinajstić information content (AvgIpc) is 3.58. The van der Waals surface area contributed by atoms with E-state index in [1.165, 1.54) is 12.0 Å². The molecule has 1 fully saturated rings. The van der Waals surface area contributed by atoms with E-state index >= 15 is 0 Å². The molecule has 150 valence electrons. The SMILES string of the molecule is COC(=O)[C@H]1Cc2ccccc2CN1C(=O)COC(=O)C1(c2ccccc2)CC1. The number of carbonyl (C=O) groups is 3. The number of benzene rings is 2. The zero-order chi connectivity index (χ0) is 20.4. The summed E-state index contributed by atoms with van der Waals surface area (Å²) in [6.07, 6.45) is 1.81. The van der Waals surface area contributed by atoms with Crippen LogP contribution in [0.2, 0.25) is 0 Å². The van der Waals surface area contributed by atoms with E-state index in [9.17, 15) is 14.4 Å². The molecule has 1 saturated carbocycles. The standard InChI is InChI=1S/C23H23NO5/c1-28-21(26)19-13-16-7-5-6-8-17(16)14-24(19)20(25)15-29-22(27)23(11-12-23)18-9-3-2-4-10-18/h2-10,19H,11-15H2,1H3/t19-/m1/s1. The van der Waals surface area contributed by atoms with Gasteiger partial charge in [-0.3, -0.25) is 9.59 Å². The van der Waals surface area contributed by atoms with Crippen LogP contribution >= 0.6 is 0 Å². The van der Waals surface area contributed by atoms with Crippen molar-refractivity contribution in [2.24, 2.45) is 0 Å². The molecule has 1 heterocycles. The zero-order valence-electron chi connectivity index (χ0n) is 16.3. The first-order chi connectivity index (χ1) is 14.0. The molecule has 6 heteroatoms. The minimum absolute atomic E-state index is 0.288. The Hall–Kier alpha value is -3.15. The summed E-state index contributed by atoms with van der Waals surface area (Å²) < 4.78 is 10.3. The normalized spacial score (nSPS) is 19.1. The van der Waals surface area contributed by atoms with Crippen molar-refractivity contribution in [3.05, 3.63) is 71.3 Å². The maximum atomic E-state index is 12.9. The lowest BCUT2D eigenvalue weighted by Crippen LogP contribution is -2.50. The van der Waals surface area contributed by atoms with Crippen LogP contribution in [0.25, 0.3) is 0 Å². The van der Waals surface area contributed by atoms with Gasteiger partial charge in [0, 0.05) is 13.0 Å². The van der Waals surface area contributed by atoms with Crippen LogP contribution in [0.4, 0.5) is 0 Å². The molecule has 0 N–H and O–H groups in total. The molecular weight excluding hydrogens is 370 g/mol. The number of nitrogens with zero attached hydrogens (tertiary/aromatic N) is 1. The van der Waals surface area contributed by atoms with Crippen molar-refractivity contribution in [1.29, 1.82) is 0 Å². The van der Waals surface area contributed by atoms with Crippen LogP contribution in [0, 0.1) is 0 Å². The lowest BCUT2D eigenvalue weighted by Gasteiger charge is -2.35. The molecule has 1 atom stereocenters. The number of esters is 2. The average molecular weight is 393 g/mol. The molecule has 2 aromatic rings. The Kier molecular flexibility index (Phi) is 5.09. The molecule has 2 aromatic carbocycles. The summed E-state index contributed by atoms with van der Waals surface area (Å²) >= 11 is 0. The van der Waals surface area contributed by atoms with E-state index in [4.69, 9.17) is 9.47 Å². The van der Waals surface area contributed by atoms with Gasteiger partial charge in [0.2, 0.25) is 0 Å². The summed E-state index contributed by atoms with van der Waals surface area (Å²) in [5.41, 5.74) is 2.27. The molecule has 0 spiro atoms. The smallest absolute Gasteiger partial charge is 0.328 e. The maximum Gasteiger partial charge on any atom is 0.328 e. The van der Waals surface area contributed by atoms with E-state index < -0.39 is 23.3 Å². The van der Waals surface area contributed by atoms with Gasteiger partial charge in [-0.25, -0.2) is 4.79 Å². The summed E-state index contributed by atoms with van der Waals surface area (Å²) in [5, 5.41) is 0. The molecule has 1 aliphatic heterocycles. The highest BCUT2D eigenvalue weighted by atomic mass is 16.5. The molecule has 2 aliphatic rings. The Bertz CT molecular complexity index is 935. The maximum absolute atomic E-state index is 12.9. The Balaban J connectivity index is 1.46. The van der Waals surface area contributed by atoms with Crippen molar-refractivity contribution in [3.8, 4) is 0 Å². The minimum atomic E-state index is -0.717. The Morgan fingerprint density at radius 3 is 2.31 bits per heavy atom. The highest BCUT2D eigenvalue weighted by Gasteiger charge is 2.53. The molecule has 6 nitrogen and oxygen atoms in total. The number of ether oxygens (including phenoxy) is 2. The molecule has 29 heavy (non-hydrogen) atoms. The summed E-state index contributed by atoms with van der Waals surface area (Å²) in [5.74, 6) is -1.25. The predicted octanol–water partition coefficient (Wildman–Crippen LogP) is 2.39. The van der Waals surface area contributed by atoms with Gasteiger partial charge in [-0.05, 0) is 29.5 Å². The van der Waals surface area contributed by atoms with Gasteiger partial charge in [-0.15, -0.1) is 0 Å². The van der Waals surface area contributed by atoms with Gasteiger partial charge in [-0.1, -0.05) is 54.6 Å². The Morgan fingerprint density at radius 2 is 1.66 bits per heavy atom. The number of hydrogen-bond donors (Lipinski definition) is 0. The van der Waals surface area contributed by atoms with Crippen LogP contribution in [0.15, 0.2) is 54.6 Å². The number of fused-ring (bicyclic) bond motifs is 1. The largest absolute Gasteiger partial charge is 0.467 e. The van der Waals surface area contributed by atoms with Gasteiger partial charge < -0.3 is 14.4 Å². The van der Waals surface area contributed by atoms with Crippen LogP contribution in [-0.2, 0) is 42.2 Å². The van der Waals surface area contributed by atoms with Gasteiger partial charge >= 0.3 is 11.9 Å². The van der Waals surface area contributed by atoms with Crippen LogP contribution < -0.4 is 0 Å². The van der Waals surface area contributed by atoms with Crippen molar-refractivity contribution in [3.63, 3.8) is 0 Å². The lowest BCUT2D eigenvalue weighted by atomic mass is 9.94. The fourth-order valence-corrected chi connectivity index (χ4v) is 3.97. The summed E-state index contributed by atoms with van der Waals surface area (Å²) in [4.78, 5) is 39.3. The number of methoxy groups -OCH3 is 1. The first-order valence-corrected chi connectivity index (χ1v) is 9.72. The van der Waals surface area contributed by atoms with E-state index in [-0.39, 0.29) is 19.1 Å². The Labute approximate surface area is 169 Å². The summed E-state index contributed by atoms with van der Waals surface area (Å²) in [6, 6.07) is 16.5. The summed E-state index contributed by atoms with van der Waals surface area (Å²) in [7, 11) is 1.31. The third kappa shape index (κ3) is 3.62. The van der Waals surface area contributed by atoms with Crippen molar-refractivity contribution < 1.29 is 23.9 Å². The number of amides is 1. The van der Waals surface area contributed by atoms with Crippen LogP contribution in [0.3, 0.4) is 0 Å². The third-order valence-electron chi connectivity index (χ3n) is 5.84.